The van der Waals surface area contributed by atoms with Crippen molar-refractivity contribution in [2.24, 2.45) is 5.92 Å². The highest BCUT2D eigenvalue weighted by atomic mass is 79.9. The van der Waals surface area contributed by atoms with Crippen LogP contribution in [0, 0.1) is 5.92 Å². The van der Waals surface area contributed by atoms with Crippen LogP contribution in [0.2, 0.25) is 0 Å². The molecule has 1 atom stereocenters. The molecule has 0 N–H and O–H groups in total. The number of hydrogen-bond donors (Lipinski definition) is 0. The fourth-order valence-corrected chi connectivity index (χ4v) is 4.18. The highest BCUT2D eigenvalue weighted by Crippen LogP contribution is 2.40. The van der Waals surface area contributed by atoms with Crippen LogP contribution in [0.3, 0.4) is 0 Å². The molecule has 0 radical (unpaired) electrons. The van der Waals surface area contributed by atoms with Crippen LogP contribution in [0.15, 0.2) is 54.6 Å². The minimum Gasteiger partial charge on any atom is -0.0836 e. The molecule has 0 aliphatic heterocycles. The third-order valence-electron chi connectivity index (χ3n) is 4.61. The highest BCUT2D eigenvalue weighted by molar-refractivity contribution is 9.09. The van der Waals surface area contributed by atoms with E-state index in [1.54, 1.807) is 0 Å². The van der Waals surface area contributed by atoms with Gasteiger partial charge in [0.15, 0.2) is 0 Å². The van der Waals surface area contributed by atoms with Crippen LogP contribution in [-0.2, 0) is 6.42 Å². The van der Waals surface area contributed by atoms with E-state index in [2.05, 4.69) is 70.5 Å². The molecule has 1 saturated carbocycles. The first kappa shape index (κ1) is 14.8. The van der Waals surface area contributed by atoms with Crippen LogP contribution in [-0.4, -0.2) is 0 Å². The molecule has 1 unspecified atom stereocenters. The summed E-state index contributed by atoms with van der Waals surface area (Å²) in [5, 5.41) is 0. The zero-order valence-corrected chi connectivity index (χ0v) is 14.1. The summed E-state index contributed by atoms with van der Waals surface area (Å²) in [6.07, 6.45) is 8.00. The summed E-state index contributed by atoms with van der Waals surface area (Å²) in [5.74, 6) is 0.818. The number of rotatable bonds is 4. The van der Waals surface area contributed by atoms with Gasteiger partial charge < -0.3 is 0 Å². The minimum absolute atomic E-state index is 0.531. The molecule has 0 saturated heterocycles. The molecule has 0 nitrogen and oxygen atoms in total. The summed E-state index contributed by atoms with van der Waals surface area (Å²) in [6, 6.07) is 19.9. The predicted octanol–water partition coefficient (Wildman–Crippen LogP) is 6.29. The van der Waals surface area contributed by atoms with Gasteiger partial charge in [0, 0.05) is 4.83 Å². The number of alkyl halides is 1. The van der Waals surface area contributed by atoms with Gasteiger partial charge in [-0.25, -0.2) is 0 Å². The SMILES string of the molecule is BrC(c1ccc(Cc2ccccc2)cc1)C1CCCCC1. The summed E-state index contributed by atoms with van der Waals surface area (Å²) < 4.78 is 0. The fourth-order valence-electron chi connectivity index (χ4n) is 3.35. The summed E-state index contributed by atoms with van der Waals surface area (Å²) in [5.41, 5.74) is 4.22. The first-order valence-electron chi connectivity index (χ1n) is 8.10. The lowest BCUT2D eigenvalue weighted by Crippen LogP contribution is -2.11. The second-order valence-electron chi connectivity index (χ2n) is 6.20. The largest absolute Gasteiger partial charge is 0.0836 e. The van der Waals surface area contributed by atoms with Crippen LogP contribution >= 0.6 is 15.9 Å². The summed E-state index contributed by atoms with van der Waals surface area (Å²) in [6.45, 7) is 0. The standard InChI is InChI=1S/C20H23Br/c21-20(18-9-5-2-6-10-18)19-13-11-17(12-14-19)15-16-7-3-1-4-8-16/h1,3-4,7-8,11-14,18,20H,2,5-6,9-10,15H2. The maximum Gasteiger partial charge on any atom is 0.0423 e. The molecule has 1 aliphatic carbocycles. The van der Waals surface area contributed by atoms with Gasteiger partial charge in [-0.15, -0.1) is 0 Å². The summed E-state index contributed by atoms with van der Waals surface area (Å²) in [7, 11) is 0. The molecule has 1 heteroatoms. The zero-order chi connectivity index (χ0) is 14.5. The Kier molecular flexibility index (Phi) is 5.13. The molecular formula is C20H23Br. The van der Waals surface area contributed by atoms with Crippen LogP contribution in [0.5, 0.6) is 0 Å². The minimum atomic E-state index is 0.531. The number of benzene rings is 2. The van der Waals surface area contributed by atoms with Gasteiger partial charge in [-0.3, -0.25) is 0 Å². The Labute approximate surface area is 136 Å². The molecule has 110 valence electrons. The molecule has 2 aromatic carbocycles. The van der Waals surface area contributed by atoms with E-state index < -0.39 is 0 Å². The van der Waals surface area contributed by atoms with Crippen molar-refractivity contribution in [2.45, 2.75) is 43.4 Å². The molecule has 0 heterocycles. The Morgan fingerprint density at radius 2 is 1.43 bits per heavy atom. The molecule has 1 aliphatic rings. The number of hydrogen-bond acceptors (Lipinski definition) is 0. The van der Waals surface area contributed by atoms with Crippen molar-refractivity contribution in [3.05, 3.63) is 71.3 Å². The highest BCUT2D eigenvalue weighted by Gasteiger charge is 2.22. The lowest BCUT2D eigenvalue weighted by atomic mass is 9.84. The molecule has 0 aromatic heterocycles. The lowest BCUT2D eigenvalue weighted by Gasteiger charge is -2.26. The van der Waals surface area contributed by atoms with Crippen LogP contribution < -0.4 is 0 Å². The van der Waals surface area contributed by atoms with Gasteiger partial charge in [0.1, 0.15) is 0 Å². The Hall–Kier alpha value is -1.08. The fraction of sp³-hybridized carbons (Fsp3) is 0.400. The Balaban J connectivity index is 1.66. The number of halogens is 1. The van der Waals surface area contributed by atoms with E-state index in [9.17, 15) is 0 Å². The van der Waals surface area contributed by atoms with Gasteiger partial charge in [-0.05, 0) is 41.9 Å². The Morgan fingerprint density at radius 3 is 2.10 bits per heavy atom. The summed E-state index contributed by atoms with van der Waals surface area (Å²) in [4.78, 5) is 0.531. The van der Waals surface area contributed by atoms with Crippen molar-refractivity contribution in [3.63, 3.8) is 0 Å². The Bertz CT molecular complexity index is 538. The van der Waals surface area contributed by atoms with Crippen molar-refractivity contribution in [3.8, 4) is 0 Å². The Morgan fingerprint density at radius 1 is 0.810 bits per heavy atom. The van der Waals surface area contributed by atoms with Gasteiger partial charge in [-0.2, -0.15) is 0 Å². The van der Waals surface area contributed by atoms with Crippen LogP contribution in [0.1, 0.15) is 53.6 Å². The molecule has 0 amide bonds. The van der Waals surface area contributed by atoms with Crippen LogP contribution in [0.25, 0.3) is 0 Å². The first-order chi connectivity index (χ1) is 10.3. The van der Waals surface area contributed by atoms with Crippen molar-refractivity contribution >= 4 is 15.9 Å². The molecule has 21 heavy (non-hydrogen) atoms. The van der Waals surface area contributed by atoms with Crippen molar-refractivity contribution in [1.82, 2.24) is 0 Å². The topological polar surface area (TPSA) is 0 Å². The van der Waals surface area contributed by atoms with Gasteiger partial charge in [0.2, 0.25) is 0 Å². The van der Waals surface area contributed by atoms with Crippen molar-refractivity contribution in [2.75, 3.05) is 0 Å². The maximum atomic E-state index is 3.94. The lowest BCUT2D eigenvalue weighted by molar-refractivity contribution is 0.354. The van der Waals surface area contributed by atoms with Crippen molar-refractivity contribution in [1.29, 1.82) is 0 Å². The second kappa shape index (κ2) is 7.26. The van der Waals surface area contributed by atoms with E-state index in [0.717, 1.165) is 12.3 Å². The molecule has 0 spiro atoms. The smallest absolute Gasteiger partial charge is 0.0423 e. The van der Waals surface area contributed by atoms with E-state index >= 15 is 0 Å². The van der Waals surface area contributed by atoms with Gasteiger partial charge in [-0.1, -0.05) is 89.8 Å². The molecule has 0 bridgehead atoms. The van der Waals surface area contributed by atoms with E-state index in [4.69, 9.17) is 0 Å². The van der Waals surface area contributed by atoms with E-state index in [1.165, 1.54) is 48.8 Å². The van der Waals surface area contributed by atoms with E-state index in [-0.39, 0.29) is 0 Å². The monoisotopic (exact) mass is 342 g/mol. The van der Waals surface area contributed by atoms with Gasteiger partial charge >= 0.3 is 0 Å². The maximum absolute atomic E-state index is 3.94. The molecule has 1 fully saturated rings. The third-order valence-corrected chi connectivity index (χ3v) is 5.89. The molecular weight excluding hydrogens is 320 g/mol. The first-order valence-corrected chi connectivity index (χ1v) is 9.01. The second-order valence-corrected chi connectivity index (χ2v) is 7.19. The van der Waals surface area contributed by atoms with Gasteiger partial charge in [0.25, 0.3) is 0 Å². The molecule has 2 aromatic rings. The summed E-state index contributed by atoms with van der Waals surface area (Å²) >= 11 is 3.94. The average Bonchev–Trinajstić information content (AvgIpc) is 2.57. The van der Waals surface area contributed by atoms with Crippen LogP contribution in [0.4, 0.5) is 0 Å². The van der Waals surface area contributed by atoms with E-state index in [1.807, 2.05) is 0 Å². The third kappa shape index (κ3) is 3.97. The van der Waals surface area contributed by atoms with E-state index in [0.29, 0.717) is 4.83 Å². The van der Waals surface area contributed by atoms with Crippen molar-refractivity contribution < 1.29 is 0 Å². The molecule has 3 rings (SSSR count). The average molecular weight is 343 g/mol. The zero-order valence-electron chi connectivity index (χ0n) is 12.5. The normalized spacial score (nSPS) is 17.6. The predicted molar refractivity (Wildman–Crippen MR) is 93.9 cm³/mol. The van der Waals surface area contributed by atoms with Gasteiger partial charge in [0.05, 0.1) is 0 Å². The quantitative estimate of drug-likeness (QED) is 0.572.